The fourth-order valence-electron chi connectivity index (χ4n) is 3.12. The number of aromatic nitrogens is 4. The van der Waals surface area contributed by atoms with E-state index in [4.69, 9.17) is 4.74 Å². The van der Waals surface area contributed by atoms with Gasteiger partial charge >= 0.3 is 0 Å². The molecule has 0 bridgehead atoms. The maximum atomic E-state index is 12.5. The highest BCUT2D eigenvalue weighted by Crippen LogP contribution is 2.23. The van der Waals surface area contributed by atoms with Gasteiger partial charge < -0.3 is 15.4 Å². The van der Waals surface area contributed by atoms with Gasteiger partial charge in [-0.15, -0.1) is 11.3 Å². The average molecular weight is 471 g/mol. The molecule has 0 unspecified atom stereocenters. The number of pyridine rings is 1. The Morgan fingerprint density at radius 2 is 1.91 bits per heavy atom. The first-order chi connectivity index (χ1) is 15.6. The SMILES string of the molecule is COCC(=O)Nc1cc(CCc2cnc(NC(=O)Cc3cc(C(C)(C)C)nn3C)s2)ccn1. The Bertz CT molecular complexity index is 1120. The summed E-state index contributed by atoms with van der Waals surface area (Å²) in [6, 6.07) is 5.74. The van der Waals surface area contributed by atoms with Crippen LogP contribution in [0.1, 0.15) is 42.6 Å². The number of aryl methyl sites for hydroxylation is 3. The second kappa shape index (κ2) is 10.7. The van der Waals surface area contributed by atoms with Crippen LogP contribution in [0, 0.1) is 0 Å². The largest absolute Gasteiger partial charge is 0.375 e. The fourth-order valence-corrected chi connectivity index (χ4v) is 3.95. The second-order valence-corrected chi connectivity index (χ2v) is 9.90. The molecule has 0 aliphatic carbocycles. The van der Waals surface area contributed by atoms with Crippen molar-refractivity contribution in [2.24, 2.45) is 7.05 Å². The molecule has 10 heteroatoms. The van der Waals surface area contributed by atoms with E-state index in [1.165, 1.54) is 18.4 Å². The van der Waals surface area contributed by atoms with Crippen LogP contribution < -0.4 is 10.6 Å². The van der Waals surface area contributed by atoms with Crippen LogP contribution in [0.2, 0.25) is 0 Å². The van der Waals surface area contributed by atoms with Gasteiger partial charge in [-0.05, 0) is 36.6 Å². The van der Waals surface area contributed by atoms with Crippen LogP contribution in [0.5, 0.6) is 0 Å². The number of hydrogen-bond acceptors (Lipinski definition) is 7. The molecule has 3 rings (SSSR count). The number of methoxy groups -OCH3 is 1. The first kappa shape index (κ1) is 24.5. The zero-order valence-electron chi connectivity index (χ0n) is 19.6. The van der Waals surface area contributed by atoms with Crippen molar-refractivity contribution in [1.29, 1.82) is 0 Å². The molecule has 9 nitrogen and oxygen atoms in total. The number of hydrogen-bond donors (Lipinski definition) is 2. The molecule has 2 amide bonds. The van der Waals surface area contributed by atoms with Crippen molar-refractivity contribution < 1.29 is 14.3 Å². The van der Waals surface area contributed by atoms with E-state index in [9.17, 15) is 9.59 Å². The third-order valence-electron chi connectivity index (χ3n) is 4.91. The van der Waals surface area contributed by atoms with Gasteiger partial charge in [0.05, 0.1) is 12.1 Å². The molecule has 0 spiro atoms. The van der Waals surface area contributed by atoms with Crippen LogP contribution in [0.25, 0.3) is 0 Å². The van der Waals surface area contributed by atoms with Gasteiger partial charge in [0.1, 0.15) is 12.4 Å². The number of ether oxygens (including phenoxy) is 1. The van der Waals surface area contributed by atoms with Crippen LogP contribution in [0.4, 0.5) is 10.9 Å². The number of carbonyl (C=O) groups excluding carboxylic acids is 2. The smallest absolute Gasteiger partial charge is 0.251 e. The summed E-state index contributed by atoms with van der Waals surface area (Å²) in [5.41, 5.74) is 2.80. The Labute approximate surface area is 197 Å². The third-order valence-corrected chi connectivity index (χ3v) is 5.89. The number of anilines is 2. The van der Waals surface area contributed by atoms with Gasteiger partial charge in [-0.1, -0.05) is 20.8 Å². The lowest BCUT2D eigenvalue weighted by molar-refractivity contribution is -0.119. The molecule has 3 aromatic rings. The van der Waals surface area contributed by atoms with E-state index in [-0.39, 0.29) is 30.3 Å². The molecule has 176 valence electrons. The predicted octanol–water partition coefficient (Wildman–Crippen LogP) is 3.12. The lowest BCUT2D eigenvalue weighted by Crippen LogP contribution is -2.17. The van der Waals surface area contributed by atoms with E-state index in [0.717, 1.165) is 34.7 Å². The molecular weight excluding hydrogens is 440 g/mol. The molecule has 0 aliphatic heterocycles. The van der Waals surface area contributed by atoms with E-state index >= 15 is 0 Å². The van der Waals surface area contributed by atoms with Crippen LogP contribution in [0.3, 0.4) is 0 Å². The predicted molar refractivity (Wildman–Crippen MR) is 129 cm³/mol. The Kier molecular flexibility index (Phi) is 7.93. The van der Waals surface area contributed by atoms with Crippen molar-refractivity contribution >= 4 is 34.1 Å². The minimum absolute atomic E-state index is 0.0143. The van der Waals surface area contributed by atoms with Crippen molar-refractivity contribution in [2.45, 2.75) is 45.4 Å². The van der Waals surface area contributed by atoms with Crippen molar-refractivity contribution in [3.8, 4) is 0 Å². The first-order valence-electron chi connectivity index (χ1n) is 10.7. The number of nitrogens with zero attached hydrogens (tertiary/aromatic N) is 4. The number of thiazole rings is 1. The molecule has 0 aliphatic rings. The molecular formula is C23H30N6O3S. The van der Waals surface area contributed by atoms with Crippen molar-refractivity contribution in [3.63, 3.8) is 0 Å². The van der Waals surface area contributed by atoms with E-state index in [1.54, 1.807) is 17.1 Å². The summed E-state index contributed by atoms with van der Waals surface area (Å²) in [6.45, 7) is 6.28. The highest BCUT2D eigenvalue weighted by Gasteiger charge is 2.20. The molecule has 3 aromatic heterocycles. The minimum atomic E-state index is -0.245. The van der Waals surface area contributed by atoms with Crippen molar-refractivity contribution in [3.05, 3.63) is 52.4 Å². The minimum Gasteiger partial charge on any atom is -0.375 e. The molecule has 0 saturated heterocycles. The molecule has 0 saturated carbocycles. The average Bonchev–Trinajstić information content (AvgIpc) is 3.33. The molecule has 2 N–H and O–H groups in total. The Hall–Kier alpha value is -3.11. The van der Waals surface area contributed by atoms with E-state index in [1.807, 2.05) is 25.2 Å². The van der Waals surface area contributed by atoms with Crippen LogP contribution in [0.15, 0.2) is 30.6 Å². The lowest BCUT2D eigenvalue weighted by atomic mass is 9.92. The molecule has 3 heterocycles. The summed E-state index contributed by atoms with van der Waals surface area (Å²) in [4.78, 5) is 33.7. The monoisotopic (exact) mass is 470 g/mol. The standard InChI is InChI=1S/C23H30N6O3S/c1-23(2,3)18-11-16(29(4)28-18)12-20(30)27-22-25-13-17(33-22)7-6-15-8-9-24-19(10-15)26-21(31)14-32-5/h8-11,13H,6-7,12,14H2,1-5H3,(H,24,26,31)(H,25,27,30). The van der Waals surface area contributed by atoms with Gasteiger partial charge in [0.25, 0.3) is 5.91 Å². The maximum absolute atomic E-state index is 12.5. The Balaban J connectivity index is 1.53. The van der Waals surface area contributed by atoms with E-state index in [0.29, 0.717) is 10.9 Å². The zero-order chi connectivity index (χ0) is 24.0. The summed E-state index contributed by atoms with van der Waals surface area (Å²) in [5.74, 6) is 0.132. The molecule has 0 aromatic carbocycles. The lowest BCUT2D eigenvalue weighted by Gasteiger charge is -2.13. The first-order valence-corrected chi connectivity index (χ1v) is 11.5. The topological polar surface area (TPSA) is 111 Å². The van der Waals surface area contributed by atoms with Gasteiger partial charge in [0, 0.05) is 42.5 Å². The number of amides is 2. The van der Waals surface area contributed by atoms with E-state index < -0.39 is 0 Å². The Morgan fingerprint density at radius 1 is 1.12 bits per heavy atom. The quantitative estimate of drug-likeness (QED) is 0.497. The number of carbonyl (C=O) groups is 2. The molecule has 33 heavy (non-hydrogen) atoms. The number of rotatable bonds is 9. The summed E-state index contributed by atoms with van der Waals surface area (Å²) in [5, 5.41) is 10.7. The van der Waals surface area contributed by atoms with Crippen molar-refractivity contribution in [1.82, 2.24) is 19.7 Å². The van der Waals surface area contributed by atoms with Gasteiger partial charge in [-0.3, -0.25) is 14.3 Å². The Morgan fingerprint density at radius 3 is 2.61 bits per heavy atom. The number of nitrogens with one attached hydrogen (secondary N) is 2. The molecule has 0 atom stereocenters. The van der Waals surface area contributed by atoms with E-state index in [2.05, 4.69) is 46.5 Å². The zero-order valence-corrected chi connectivity index (χ0v) is 20.5. The van der Waals surface area contributed by atoms with Gasteiger partial charge in [-0.2, -0.15) is 5.10 Å². The second-order valence-electron chi connectivity index (χ2n) is 8.78. The van der Waals surface area contributed by atoms with Gasteiger partial charge in [0.2, 0.25) is 5.91 Å². The fraction of sp³-hybridized carbons (Fsp3) is 0.435. The highest BCUT2D eigenvalue weighted by molar-refractivity contribution is 7.15. The van der Waals surface area contributed by atoms with Gasteiger partial charge in [0.15, 0.2) is 5.13 Å². The van der Waals surface area contributed by atoms with Crippen LogP contribution in [-0.2, 0) is 46.1 Å². The summed E-state index contributed by atoms with van der Waals surface area (Å²) in [6.07, 6.45) is 5.21. The third kappa shape index (κ3) is 7.19. The summed E-state index contributed by atoms with van der Waals surface area (Å²) < 4.78 is 6.57. The normalized spacial score (nSPS) is 11.4. The maximum Gasteiger partial charge on any atom is 0.251 e. The molecule has 0 radical (unpaired) electrons. The van der Waals surface area contributed by atoms with Crippen LogP contribution >= 0.6 is 11.3 Å². The molecule has 0 fully saturated rings. The van der Waals surface area contributed by atoms with Gasteiger partial charge in [-0.25, -0.2) is 9.97 Å². The summed E-state index contributed by atoms with van der Waals surface area (Å²) >= 11 is 1.46. The summed E-state index contributed by atoms with van der Waals surface area (Å²) in [7, 11) is 3.32. The van der Waals surface area contributed by atoms with Crippen molar-refractivity contribution in [2.75, 3.05) is 24.4 Å². The highest BCUT2D eigenvalue weighted by atomic mass is 32.1. The van der Waals surface area contributed by atoms with Crippen LogP contribution in [-0.4, -0.2) is 45.3 Å².